The molecule has 6 heteroatoms. The van der Waals surface area contributed by atoms with Gasteiger partial charge < -0.3 is 19.9 Å². The topological polar surface area (TPSA) is 61.9 Å². The molecule has 0 aromatic heterocycles. The van der Waals surface area contributed by atoms with Crippen molar-refractivity contribution in [2.45, 2.75) is 6.04 Å². The highest BCUT2D eigenvalue weighted by Crippen LogP contribution is 2.22. The van der Waals surface area contributed by atoms with E-state index < -0.39 is 0 Å². The number of hydrogen-bond acceptors (Lipinski definition) is 3. The average molecular weight is 353 g/mol. The summed E-state index contributed by atoms with van der Waals surface area (Å²) in [6, 6.07) is 19.5. The number of ether oxygens (including phenoxy) is 1. The number of amides is 3. The summed E-state index contributed by atoms with van der Waals surface area (Å²) in [5.41, 5.74) is 2.06. The van der Waals surface area contributed by atoms with Gasteiger partial charge in [-0.1, -0.05) is 60.7 Å². The van der Waals surface area contributed by atoms with Crippen LogP contribution in [0.1, 0.15) is 17.2 Å². The Labute approximate surface area is 153 Å². The third-order valence-corrected chi connectivity index (χ3v) is 4.53. The molecule has 3 amide bonds. The molecule has 1 fully saturated rings. The number of carbonyl (C=O) groups is 2. The van der Waals surface area contributed by atoms with E-state index in [1.165, 1.54) is 7.11 Å². The Hall–Kier alpha value is -3.02. The number of rotatable bonds is 3. The summed E-state index contributed by atoms with van der Waals surface area (Å²) in [5, 5.41) is 3.13. The van der Waals surface area contributed by atoms with Gasteiger partial charge in [-0.3, -0.25) is 0 Å². The van der Waals surface area contributed by atoms with Crippen LogP contribution in [-0.2, 0) is 4.74 Å². The number of carbonyl (C=O) groups excluding carboxylic acids is 2. The van der Waals surface area contributed by atoms with Crippen molar-refractivity contribution in [2.75, 3.05) is 33.3 Å². The molecule has 6 nitrogen and oxygen atoms in total. The fraction of sp³-hybridized carbons (Fsp3) is 0.300. The van der Waals surface area contributed by atoms with Crippen LogP contribution in [0.4, 0.5) is 9.59 Å². The van der Waals surface area contributed by atoms with Crippen molar-refractivity contribution in [2.24, 2.45) is 0 Å². The van der Waals surface area contributed by atoms with Crippen molar-refractivity contribution in [3.8, 4) is 0 Å². The zero-order chi connectivity index (χ0) is 18.4. The van der Waals surface area contributed by atoms with Crippen molar-refractivity contribution >= 4 is 12.1 Å². The second-order valence-electron chi connectivity index (χ2n) is 6.15. The van der Waals surface area contributed by atoms with E-state index in [1.54, 1.807) is 9.80 Å². The molecule has 0 bridgehead atoms. The Kier molecular flexibility index (Phi) is 5.73. The number of benzene rings is 2. The first-order chi connectivity index (χ1) is 12.7. The van der Waals surface area contributed by atoms with Crippen molar-refractivity contribution in [3.05, 3.63) is 71.8 Å². The van der Waals surface area contributed by atoms with Gasteiger partial charge in [0, 0.05) is 26.2 Å². The SMILES string of the molecule is COC(=O)N1CCN(C(=O)NC(c2ccccc2)c2ccccc2)CC1. The van der Waals surface area contributed by atoms with Gasteiger partial charge in [0.2, 0.25) is 0 Å². The van der Waals surface area contributed by atoms with Gasteiger partial charge >= 0.3 is 12.1 Å². The summed E-state index contributed by atoms with van der Waals surface area (Å²) in [6.07, 6.45) is -0.350. The summed E-state index contributed by atoms with van der Waals surface area (Å²) >= 11 is 0. The predicted octanol–water partition coefficient (Wildman–Crippen LogP) is 2.87. The van der Waals surface area contributed by atoms with E-state index in [9.17, 15) is 9.59 Å². The Morgan fingerprint density at radius 2 is 1.31 bits per heavy atom. The van der Waals surface area contributed by atoms with Crippen LogP contribution < -0.4 is 5.32 Å². The largest absolute Gasteiger partial charge is 0.453 e. The quantitative estimate of drug-likeness (QED) is 0.923. The van der Waals surface area contributed by atoms with Crippen LogP contribution in [0.5, 0.6) is 0 Å². The van der Waals surface area contributed by atoms with Gasteiger partial charge in [0.1, 0.15) is 0 Å². The summed E-state index contributed by atoms with van der Waals surface area (Å²) in [6.45, 7) is 1.91. The van der Waals surface area contributed by atoms with Gasteiger partial charge in [0.25, 0.3) is 0 Å². The third-order valence-electron chi connectivity index (χ3n) is 4.53. The molecule has 136 valence electrons. The van der Waals surface area contributed by atoms with E-state index in [0.29, 0.717) is 26.2 Å². The molecule has 0 aliphatic carbocycles. The van der Waals surface area contributed by atoms with Crippen molar-refractivity contribution < 1.29 is 14.3 Å². The lowest BCUT2D eigenvalue weighted by atomic mass is 9.99. The molecule has 2 aromatic carbocycles. The fourth-order valence-corrected chi connectivity index (χ4v) is 3.09. The molecule has 0 saturated carbocycles. The minimum Gasteiger partial charge on any atom is -0.453 e. The molecular formula is C20H23N3O3. The van der Waals surface area contributed by atoms with Gasteiger partial charge in [0.05, 0.1) is 13.2 Å². The van der Waals surface area contributed by atoms with E-state index in [-0.39, 0.29) is 18.2 Å². The minimum atomic E-state index is -0.350. The smallest absolute Gasteiger partial charge is 0.409 e. The molecule has 0 unspecified atom stereocenters. The van der Waals surface area contributed by atoms with Crippen LogP contribution in [0.2, 0.25) is 0 Å². The van der Waals surface area contributed by atoms with Gasteiger partial charge in [-0.15, -0.1) is 0 Å². The van der Waals surface area contributed by atoms with Gasteiger partial charge in [-0.05, 0) is 11.1 Å². The Morgan fingerprint density at radius 3 is 1.77 bits per heavy atom. The first kappa shape index (κ1) is 17.8. The molecule has 0 spiro atoms. The second kappa shape index (κ2) is 8.38. The fourth-order valence-electron chi connectivity index (χ4n) is 3.09. The standard InChI is InChI=1S/C20H23N3O3/c1-26-20(25)23-14-12-22(13-15-23)19(24)21-18(16-8-4-2-5-9-16)17-10-6-3-7-11-17/h2-11,18H,12-15H2,1H3,(H,21,24). The number of urea groups is 1. The summed E-state index contributed by atoms with van der Waals surface area (Å²) in [4.78, 5) is 27.7. The Morgan fingerprint density at radius 1 is 0.846 bits per heavy atom. The second-order valence-corrected chi connectivity index (χ2v) is 6.15. The lowest BCUT2D eigenvalue weighted by Gasteiger charge is -2.34. The minimum absolute atomic E-state index is 0.132. The monoisotopic (exact) mass is 353 g/mol. The molecular weight excluding hydrogens is 330 g/mol. The van der Waals surface area contributed by atoms with Crippen LogP contribution in [0.3, 0.4) is 0 Å². The summed E-state index contributed by atoms with van der Waals surface area (Å²) in [7, 11) is 1.37. The highest BCUT2D eigenvalue weighted by Gasteiger charge is 2.26. The number of methoxy groups -OCH3 is 1. The summed E-state index contributed by atoms with van der Waals surface area (Å²) in [5.74, 6) is 0. The van der Waals surface area contributed by atoms with Crippen LogP contribution in [0.25, 0.3) is 0 Å². The molecule has 2 aromatic rings. The Bertz CT molecular complexity index is 689. The van der Waals surface area contributed by atoms with Crippen LogP contribution >= 0.6 is 0 Å². The van der Waals surface area contributed by atoms with E-state index in [4.69, 9.17) is 4.74 Å². The molecule has 26 heavy (non-hydrogen) atoms. The first-order valence-electron chi connectivity index (χ1n) is 8.67. The van der Waals surface area contributed by atoms with E-state index >= 15 is 0 Å². The van der Waals surface area contributed by atoms with Gasteiger partial charge in [0.15, 0.2) is 0 Å². The van der Waals surface area contributed by atoms with Crippen molar-refractivity contribution in [3.63, 3.8) is 0 Å². The number of hydrogen-bond donors (Lipinski definition) is 1. The molecule has 1 aliphatic rings. The zero-order valence-electron chi connectivity index (χ0n) is 14.8. The van der Waals surface area contributed by atoms with Gasteiger partial charge in [-0.25, -0.2) is 9.59 Å². The first-order valence-corrected chi connectivity index (χ1v) is 8.67. The number of nitrogens with one attached hydrogen (secondary N) is 1. The normalized spacial score (nSPS) is 14.2. The molecule has 1 heterocycles. The van der Waals surface area contributed by atoms with E-state index in [0.717, 1.165) is 11.1 Å². The Balaban J connectivity index is 1.70. The lowest BCUT2D eigenvalue weighted by molar-refractivity contribution is 0.0967. The van der Waals surface area contributed by atoms with E-state index in [1.807, 2.05) is 60.7 Å². The number of nitrogens with zero attached hydrogens (tertiary/aromatic N) is 2. The van der Waals surface area contributed by atoms with Gasteiger partial charge in [-0.2, -0.15) is 0 Å². The molecule has 0 radical (unpaired) electrons. The summed E-state index contributed by atoms with van der Waals surface area (Å²) < 4.78 is 4.73. The maximum absolute atomic E-state index is 12.8. The van der Waals surface area contributed by atoms with Crippen LogP contribution in [0, 0.1) is 0 Å². The molecule has 1 aliphatic heterocycles. The van der Waals surface area contributed by atoms with Crippen LogP contribution in [-0.4, -0.2) is 55.2 Å². The highest BCUT2D eigenvalue weighted by atomic mass is 16.5. The lowest BCUT2D eigenvalue weighted by Crippen LogP contribution is -2.53. The maximum Gasteiger partial charge on any atom is 0.409 e. The average Bonchev–Trinajstić information content (AvgIpc) is 2.72. The maximum atomic E-state index is 12.8. The number of piperazine rings is 1. The third kappa shape index (κ3) is 4.14. The highest BCUT2D eigenvalue weighted by molar-refractivity contribution is 5.76. The molecule has 1 saturated heterocycles. The molecule has 0 atom stereocenters. The van der Waals surface area contributed by atoms with Crippen molar-refractivity contribution in [1.82, 2.24) is 15.1 Å². The molecule has 3 rings (SSSR count). The van der Waals surface area contributed by atoms with Crippen LogP contribution in [0.15, 0.2) is 60.7 Å². The zero-order valence-corrected chi connectivity index (χ0v) is 14.8. The van der Waals surface area contributed by atoms with E-state index in [2.05, 4.69) is 5.32 Å². The molecule has 1 N–H and O–H groups in total. The van der Waals surface area contributed by atoms with Crippen molar-refractivity contribution in [1.29, 1.82) is 0 Å². The predicted molar refractivity (Wildman–Crippen MR) is 98.8 cm³/mol.